The van der Waals surface area contributed by atoms with Crippen molar-refractivity contribution >= 4 is 12.0 Å². The highest BCUT2D eigenvalue weighted by Gasteiger charge is 2.43. The van der Waals surface area contributed by atoms with Gasteiger partial charge in [-0.25, -0.2) is 4.79 Å². The van der Waals surface area contributed by atoms with E-state index in [0.29, 0.717) is 19.8 Å². The number of likely N-dealkylation sites (tertiary alicyclic amines) is 1. The van der Waals surface area contributed by atoms with Crippen molar-refractivity contribution in [1.82, 2.24) is 9.80 Å². The van der Waals surface area contributed by atoms with E-state index in [4.69, 9.17) is 9.47 Å². The molecule has 2 aliphatic heterocycles. The zero-order chi connectivity index (χ0) is 20.5. The Kier molecular flexibility index (Phi) is 5.69. The molecule has 1 N–H and O–H groups in total. The molecule has 1 aromatic carbocycles. The van der Waals surface area contributed by atoms with Gasteiger partial charge in [-0.2, -0.15) is 13.2 Å². The Hall–Kier alpha value is -2.49. The highest BCUT2D eigenvalue weighted by atomic mass is 19.4. The fourth-order valence-corrected chi connectivity index (χ4v) is 3.49. The van der Waals surface area contributed by atoms with Crippen molar-refractivity contribution in [2.75, 3.05) is 26.3 Å². The van der Waals surface area contributed by atoms with Gasteiger partial charge in [0.05, 0.1) is 31.4 Å². The third-order valence-corrected chi connectivity index (χ3v) is 4.93. The number of halogens is 3. The Labute approximate surface area is 159 Å². The molecule has 0 radical (unpaired) electrons. The van der Waals surface area contributed by atoms with E-state index in [1.54, 1.807) is 4.90 Å². The van der Waals surface area contributed by atoms with Gasteiger partial charge in [-0.05, 0) is 31.2 Å². The summed E-state index contributed by atoms with van der Waals surface area (Å²) in [6.45, 7) is 2.95. The second kappa shape index (κ2) is 7.86. The topological polar surface area (TPSA) is 79.3 Å². The van der Waals surface area contributed by atoms with Crippen LogP contribution in [-0.4, -0.2) is 71.4 Å². The van der Waals surface area contributed by atoms with Crippen LogP contribution in [0, 0.1) is 0 Å². The average molecular weight is 402 g/mol. The predicted octanol–water partition coefficient (Wildman–Crippen LogP) is 2.45. The molecular formula is C18H21F3N2O5. The van der Waals surface area contributed by atoms with Crippen molar-refractivity contribution < 1.29 is 37.3 Å². The predicted molar refractivity (Wildman–Crippen MR) is 91.0 cm³/mol. The summed E-state index contributed by atoms with van der Waals surface area (Å²) in [5.74, 6) is -0.118. The molecule has 2 fully saturated rings. The smallest absolute Gasteiger partial charge is 0.416 e. The Balaban J connectivity index is 1.69. The number of morpholine rings is 1. The maximum Gasteiger partial charge on any atom is 0.416 e. The van der Waals surface area contributed by atoms with Gasteiger partial charge in [-0.3, -0.25) is 9.69 Å². The lowest BCUT2D eigenvalue weighted by atomic mass is 10.1. The van der Waals surface area contributed by atoms with Crippen molar-refractivity contribution in [3.05, 3.63) is 29.8 Å². The number of ether oxygens (including phenoxy) is 2. The summed E-state index contributed by atoms with van der Waals surface area (Å²) >= 11 is 0. The molecule has 7 nitrogen and oxygen atoms in total. The molecule has 0 unspecified atom stereocenters. The molecule has 0 spiro atoms. The molecular weight excluding hydrogens is 381 g/mol. The first-order valence-electron chi connectivity index (χ1n) is 8.88. The van der Waals surface area contributed by atoms with Crippen LogP contribution in [0.2, 0.25) is 0 Å². The molecule has 2 amide bonds. The highest BCUT2D eigenvalue weighted by Crippen LogP contribution is 2.31. The molecule has 2 aliphatic rings. The van der Waals surface area contributed by atoms with Gasteiger partial charge in [-0.1, -0.05) is 0 Å². The standard InChI is InChI=1S/C18H21F3N2O5/c1-11-10-27-7-6-22(11)16(24)15-8-14(9-23(15)17(25)26)28-13-4-2-12(3-5-13)18(19,20)21/h2-5,11,14-15H,6-10H2,1H3,(H,25,26)/t11-,14+,15-/m0/s1. The van der Waals surface area contributed by atoms with E-state index >= 15 is 0 Å². The van der Waals surface area contributed by atoms with E-state index in [9.17, 15) is 27.9 Å². The number of nitrogens with zero attached hydrogens (tertiary/aromatic N) is 2. The number of benzene rings is 1. The fraction of sp³-hybridized carbons (Fsp3) is 0.556. The fourth-order valence-electron chi connectivity index (χ4n) is 3.49. The van der Waals surface area contributed by atoms with Crippen molar-refractivity contribution in [2.45, 2.75) is 37.7 Å². The van der Waals surface area contributed by atoms with Gasteiger partial charge in [0.1, 0.15) is 17.9 Å². The molecule has 2 saturated heterocycles. The lowest BCUT2D eigenvalue weighted by molar-refractivity contribution is -0.143. The number of hydrogen-bond donors (Lipinski definition) is 1. The first kappa shape index (κ1) is 20.2. The van der Waals surface area contributed by atoms with E-state index < -0.39 is 30.0 Å². The second-order valence-electron chi connectivity index (χ2n) is 6.90. The summed E-state index contributed by atoms with van der Waals surface area (Å²) in [7, 11) is 0. The van der Waals surface area contributed by atoms with E-state index in [2.05, 4.69) is 0 Å². The van der Waals surface area contributed by atoms with Gasteiger partial charge in [-0.15, -0.1) is 0 Å². The quantitative estimate of drug-likeness (QED) is 0.840. The minimum absolute atomic E-state index is 0.0362. The second-order valence-corrected chi connectivity index (χ2v) is 6.90. The molecule has 2 heterocycles. The van der Waals surface area contributed by atoms with Crippen molar-refractivity contribution in [1.29, 1.82) is 0 Å². The minimum Gasteiger partial charge on any atom is -0.488 e. The number of carbonyl (C=O) groups is 2. The molecule has 0 aliphatic carbocycles. The summed E-state index contributed by atoms with van der Waals surface area (Å²) < 4.78 is 48.9. The lowest BCUT2D eigenvalue weighted by Gasteiger charge is -2.36. The van der Waals surface area contributed by atoms with E-state index in [1.807, 2.05) is 6.92 Å². The third kappa shape index (κ3) is 4.32. The zero-order valence-corrected chi connectivity index (χ0v) is 15.2. The summed E-state index contributed by atoms with van der Waals surface area (Å²) in [5, 5.41) is 9.46. The number of carboxylic acid groups (broad SMARTS) is 1. The lowest BCUT2D eigenvalue weighted by Crippen LogP contribution is -2.54. The van der Waals surface area contributed by atoms with E-state index in [0.717, 1.165) is 17.0 Å². The van der Waals surface area contributed by atoms with Gasteiger partial charge >= 0.3 is 12.3 Å². The molecule has 1 aromatic rings. The van der Waals surface area contributed by atoms with Crippen LogP contribution >= 0.6 is 0 Å². The van der Waals surface area contributed by atoms with Crippen LogP contribution in [-0.2, 0) is 15.7 Å². The number of alkyl halides is 3. The van der Waals surface area contributed by atoms with Crippen molar-refractivity contribution in [3.8, 4) is 5.75 Å². The molecule has 3 rings (SSSR count). The maximum atomic E-state index is 12.9. The molecule has 28 heavy (non-hydrogen) atoms. The molecule has 10 heteroatoms. The van der Waals surface area contributed by atoms with Crippen molar-refractivity contribution in [2.24, 2.45) is 0 Å². The van der Waals surface area contributed by atoms with Crippen LogP contribution in [0.3, 0.4) is 0 Å². The van der Waals surface area contributed by atoms with Crippen LogP contribution in [0.5, 0.6) is 5.75 Å². The number of carbonyl (C=O) groups excluding carboxylic acids is 1. The normalized spacial score (nSPS) is 25.6. The summed E-state index contributed by atoms with van der Waals surface area (Å²) in [6, 6.07) is 3.12. The number of hydrogen-bond acceptors (Lipinski definition) is 4. The number of rotatable bonds is 3. The molecule has 154 valence electrons. The van der Waals surface area contributed by atoms with Gasteiger partial charge in [0, 0.05) is 13.0 Å². The Morgan fingerprint density at radius 2 is 1.89 bits per heavy atom. The Bertz CT molecular complexity index is 725. The van der Waals surface area contributed by atoms with Crippen LogP contribution in [0.4, 0.5) is 18.0 Å². The summed E-state index contributed by atoms with van der Waals surface area (Å²) in [5.41, 5.74) is -0.798. The largest absolute Gasteiger partial charge is 0.488 e. The van der Waals surface area contributed by atoms with Gasteiger partial charge < -0.3 is 19.5 Å². The summed E-state index contributed by atoms with van der Waals surface area (Å²) in [6.07, 6.45) is -6.18. The number of amides is 2. The van der Waals surface area contributed by atoms with Crippen LogP contribution in [0.1, 0.15) is 18.9 Å². The molecule has 3 atom stereocenters. The average Bonchev–Trinajstić information content (AvgIpc) is 3.05. The van der Waals surface area contributed by atoms with Gasteiger partial charge in [0.15, 0.2) is 0 Å². The van der Waals surface area contributed by atoms with Crippen LogP contribution < -0.4 is 4.74 Å². The SMILES string of the molecule is C[C@H]1COCCN1C(=O)[C@@H]1C[C@@H](Oc2ccc(C(F)(F)F)cc2)CN1C(=O)O. The molecule has 0 bridgehead atoms. The summed E-state index contributed by atoms with van der Waals surface area (Å²) in [4.78, 5) is 27.1. The Morgan fingerprint density at radius 1 is 1.21 bits per heavy atom. The highest BCUT2D eigenvalue weighted by molar-refractivity contribution is 5.86. The monoisotopic (exact) mass is 402 g/mol. The first-order valence-corrected chi connectivity index (χ1v) is 8.88. The minimum atomic E-state index is -4.45. The molecule has 0 aromatic heterocycles. The van der Waals surface area contributed by atoms with Crippen LogP contribution in [0.25, 0.3) is 0 Å². The van der Waals surface area contributed by atoms with Crippen molar-refractivity contribution in [3.63, 3.8) is 0 Å². The third-order valence-electron chi connectivity index (χ3n) is 4.93. The van der Waals surface area contributed by atoms with Gasteiger partial charge in [0.25, 0.3) is 0 Å². The maximum absolute atomic E-state index is 12.9. The van der Waals surface area contributed by atoms with E-state index in [-0.39, 0.29) is 30.7 Å². The Morgan fingerprint density at radius 3 is 2.46 bits per heavy atom. The van der Waals surface area contributed by atoms with Crippen LogP contribution in [0.15, 0.2) is 24.3 Å². The zero-order valence-electron chi connectivity index (χ0n) is 15.2. The molecule has 0 saturated carbocycles. The van der Waals surface area contributed by atoms with Gasteiger partial charge in [0.2, 0.25) is 5.91 Å². The van der Waals surface area contributed by atoms with E-state index in [1.165, 1.54) is 12.1 Å². The first-order chi connectivity index (χ1) is 13.2.